The van der Waals surface area contributed by atoms with Gasteiger partial charge in [0.15, 0.2) is 0 Å². The van der Waals surface area contributed by atoms with Crippen LogP contribution in [0.5, 0.6) is 0 Å². The summed E-state index contributed by atoms with van der Waals surface area (Å²) in [7, 11) is 0. The summed E-state index contributed by atoms with van der Waals surface area (Å²) < 4.78 is 5.73. The Balaban J connectivity index is 1.91. The number of nitrogens with zero attached hydrogens (tertiary/aromatic N) is 1. The molecular formula is C17H30N2O. The molecule has 0 aliphatic heterocycles. The lowest BCUT2D eigenvalue weighted by Gasteiger charge is -2.22. The molecule has 1 saturated carbocycles. The van der Waals surface area contributed by atoms with Crippen LogP contribution < -0.4 is 5.32 Å². The van der Waals surface area contributed by atoms with E-state index in [1.165, 1.54) is 31.4 Å². The molecule has 1 aliphatic carbocycles. The first kappa shape index (κ1) is 15.6. The highest BCUT2D eigenvalue weighted by atomic mass is 16.3. The van der Waals surface area contributed by atoms with Gasteiger partial charge in [0, 0.05) is 24.2 Å². The van der Waals surface area contributed by atoms with E-state index in [0.29, 0.717) is 6.04 Å². The molecule has 3 nitrogen and oxygen atoms in total. The van der Waals surface area contributed by atoms with Crippen molar-refractivity contribution >= 4 is 0 Å². The number of nitrogens with one attached hydrogen (secondary N) is 1. The van der Waals surface area contributed by atoms with Gasteiger partial charge >= 0.3 is 0 Å². The Kier molecular flexibility index (Phi) is 5.67. The standard InChI is InChI=1S/C17H30N2O/c1-13(2)7-9-19(16-5-6-16)12-17-15(8-10-20-17)11-18-14(3)4/h8,10,13-14,16,18H,5-7,9,11-12H2,1-4H3. The van der Waals surface area contributed by atoms with Crippen molar-refractivity contribution in [3.05, 3.63) is 23.7 Å². The van der Waals surface area contributed by atoms with Crippen LogP contribution in [0.25, 0.3) is 0 Å². The summed E-state index contributed by atoms with van der Waals surface area (Å²) in [5, 5.41) is 3.48. The van der Waals surface area contributed by atoms with Gasteiger partial charge in [0.2, 0.25) is 0 Å². The van der Waals surface area contributed by atoms with E-state index < -0.39 is 0 Å². The molecule has 0 saturated heterocycles. The maximum absolute atomic E-state index is 5.73. The SMILES string of the molecule is CC(C)CCN(Cc1occc1CNC(C)C)C1CC1. The lowest BCUT2D eigenvalue weighted by Crippen LogP contribution is -2.28. The number of hydrogen-bond donors (Lipinski definition) is 1. The van der Waals surface area contributed by atoms with Crippen molar-refractivity contribution in [2.24, 2.45) is 5.92 Å². The smallest absolute Gasteiger partial charge is 0.122 e. The van der Waals surface area contributed by atoms with Gasteiger partial charge in [0.25, 0.3) is 0 Å². The van der Waals surface area contributed by atoms with Crippen LogP contribution in [-0.2, 0) is 13.1 Å². The van der Waals surface area contributed by atoms with E-state index in [4.69, 9.17) is 4.42 Å². The molecule has 0 aromatic carbocycles. The predicted octanol–water partition coefficient (Wildman–Crippen LogP) is 3.79. The summed E-state index contributed by atoms with van der Waals surface area (Å²) in [6.07, 6.45) is 5.83. The zero-order valence-corrected chi connectivity index (χ0v) is 13.5. The second kappa shape index (κ2) is 7.28. The molecule has 3 heteroatoms. The lowest BCUT2D eigenvalue weighted by atomic mass is 10.1. The third-order valence-corrected chi connectivity index (χ3v) is 3.94. The molecule has 1 N–H and O–H groups in total. The Labute approximate surface area is 123 Å². The molecule has 0 spiro atoms. The number of furan rings is 1. The van der Waals surface area contributed by atoms with Crippen molar-refractivity contribution in [1.29, 1.82) is 0 Å². The van der Waals surface area contributed by atoms with Crippen molar-refractivity contribution in [3.8, 4) is 0 Å². The molecule has 0 amide bonds. The van der Waals surface area contributed by atoms with Crippen LogP contribution in [0.3, 0.4) is 0 Å². The average molecular weight is 278 g/mol. The summed E-state index contributed by atoms with van der Waals surface area (Å²) in [5.41, 5.74) is 1.31. The van der Waals surface area contributed by atoms with Crippen molar-refractivity contribution in [1.82, 2.24) is 10.2 Å². The summed E-state index contributed by atoms with van der Waals surface area (Å²) >= 11 is 0. The molecule has 1 aliphatic rings. The quantitative estimate of drug-likeness (QED) is 0.745. The molecule has 20 heavy (non-hydrogen) atoms. The van der Waals surface area contributed by atoms with Crippen molar-refractivity contribution < 1.29 is 4.42 Å². The van der Waals surface area contributed by atoms with Crippen molar-refractivity contribution in [2.45, 2.75) is 72.1 Å². The highest BCUT2D eigenvalue weighted by Crippen LogP contribution is 2.29. The maximum atomic E-state index is 5.73. The summed E-state index contributed by atoms with van der Waals surface area (Å²) in [4.78, 5) is 2.61. The first-order valence-corrected chi connectivity index (χ1v) is 8.09. The van der Waals surface area contributed by atoms with Crippen LogP contribution in [0, 0.1) is 5.92 Å². The van der Waals surface area contributed by atoms with E-state index in [-0.39, 0.29) is 0 Å². The second-order valence-corrected chi connectivity index (χ2v) is 6.79. The normalized spacial score (nSPS) is 15.8. The van der Waals surface area contributed by atoms with E-state index in [1.807, 2.05) is 6.26 Å². The third kappa shape index (κ3) is 4.95. The van der Waals surface area contributed by atoms with Gasteiger partial charge in [-0.15, -0.1) is 0 Å². The van der Waals surface area contributed by atoms with Crippen LogP contribution in [0.1, 0.15) is 58.3 Å². The monoisotopic (exact) mass is 278 g/mol. The van der Waals surface area contributed by atoms with Gasteiger partial charge in [-0.2, -0.15) is 0 Å². The maximum Gasteiger partial charge on any atom is 0.122 e. The molecule has 2 rings (SSSR count). The minimum Gasteiger partial charge on any atom is -0.468 e. The molecule has 0 unspecified atom stereocenters. The molecule has 1 aromatic rings. The van der Waals surface area contributed by atoms with Gasteiger partial charge in [0.05, 0.1) is 12.8 Å². The highest BCUT2D eigenvalue weighted by Gasteiger charge is 2.29. The fraction of sp³-hybridized carbons (Fsp3) is 0.765. The van der Waals surface area contributed by atoms with Gasteiger partial charge in [-0.05, 0) is 37.8 Å². The Morgan fingerprint density at radius 2 is 2.05 bits per heavy atom. The second-order valence-electron chi connectivity index (χ2n) is 6.79. The van der Waals surface area contributed by atoms with Gasteiger partial charge in [0.1, 0.15) is 5.76 Å². The average Bonchev–Trinajstić information content (AvgIpc) is 3.13. The van der Waals surface area contributed by atoms with E-state index in [1.54, 1.807) is 0 Å². The van der Waals surface area contributed by atoms with E-state index >= 15 is 0 Å². The summed E-state index contributed by atoms with van der Waals surface area (Å²) in [5.74, 6) is 1.92. The largest absolute Gasteiger partial charge is 0.468 e. The molecule has 1 heterocycles. The van der Waals surface area contributed by atoms with Gasteiger partial charge in [-0.25, -0.2) is 0 Å². The van der Waals surface area contributed by atoms with Crippen LogP contribution in [-0.4, -0.2) is 23.5 Å². The Morgan fingerprint density at radius 1 is 1.30 bits per heavy atom. The molecule has 1 aromatic heterocycles. The van der Waals surface area contributed by atoms with Crippen LogP contribution in [0.15, 0.2) is 16.7 Å². The van der Waals surface area contributed by atoms with Gasteiger partial charge in [-0.3, -0.25) is 4.90 Å². The van der Waals surface area contributed by atoms with Crippen LogP contribution in [0.2, 0.25) is 0 Å². The van der Waals surface area contributed by atoms with Gasteiger partial charge in [-0.1, -0.05) is 27.7 Å². The van der Waals surface area contributed by atoms with E-state index in [0.717, 1.165) is 30.8 Å². The van der Waals surface area contributed by atoms with Gasteiger partial charge < -0.3 is 9.73 Å². The molecular weight excluding hydrogens is 248 g/mol. The van der Waals surface area contributed by atoms with Crippen LogP contribution in [0.4, 0.5) is 0 Å². The number of hydrogen-bond acceptors (Lipinski definition) is 3. The topological polar surface area (TPSA) is 28.4 Å². The zero-order chi connectivity index (χ0) is 14.5. The highest BCUT2D eigenvalue weighted by molar-refractivity contribution is 5.17. The molecule has 114 valence electrons. The van der Waals surface area contributed by atoms with E-state index in [9.17, 15) is 0 Å². The minimum atomic E-state index is 0.512. The Bertz CT molecular complexity index is 393. The van der Waals surface area contributed by atoms with Crippen molar-refractivity contribution in [3.63, 3.8) is 0 Å². The predicted molar refractivity (Wildman–Crippen MR) is 83.6 cm³/mol. The Morgan fingerprint density at radius 3 is 2.65 bits per heavy atom. The lowest BCUT2D eigenvalue weighted by molar-refractivity contribution is 0.220. The Hall–Kier alpha value is -0.800. The fourth-order valence-corrected chi connectivity index (χ4v) is 2.42. The van der Waals surface area contributed by atoms with E-state index in [2.05, 4.69) is 44.0 Å². The van der Waals surface area contributed by atoms with Crippen molar-refractivity contribution in [2.75, 3.05) is 6.54 Å². The fourth-order valence-electron chi connectivity index (χ4n) is 2.42. The van der Waals surface area contributed by atoms with Crippen LogP contribution >= 0.6 is 0 Å². The summed E-state index contributed by atoms with van der Waals surface area (Å²) in [6, 6.07) is 3.42. The molecule has 1 fully saturated rings. The molecule has 0 bridgehead atoms. The minimum absolute atomic E-state index is 0.512. The first-order valence-electron chi connectivity index (χ1n) is 8.09. The molecule has 0 radical (unpaired) electrons. The number of rotatable bonds is 9. The zero-order valence-electron chi connectivity index (χ0n) is 13.5. The summed E-state index contributed by atoms with van der Waals surface area (Å²) in [6.45, 7) is 12.0. The third-order valence-electron chi connectivity index (χ3n) is 3.94. The molecule has 0 atom stereocenters. The first-order chi connectivity index (χ1) is 9.56.